The summed E-state index contributed by atoms with van der Waals surface area (Å²) in [5.74, 6) is 0.412. The number of furan rings is 1. The minimum atomic E-state index is -3.43. The molecule has 0 saturated heterocycles. The Hall–Kier alpha value is -1.93. The smallest absolute Gasteiger partial charge is 0.216 e. The van der Waals surface area contributed by atoms with Crippen LogP contribution in [0.15, 0.2) is 59.2 Å². The van der Waals surface area contributed by atoms with Gasteiger partial charge in [0.05, 0.1) is 12.0 Å². The normalized spacial score (nSPS) is 13.0. The number of aryl methyl sites for hydroxylation is 1. The number of rotatable bonds is 7. The first-order chi connectivity index (χ1) is 11.9. The number of aliphatic hydroxyl groups excluding tert-OH is 1. The van der Waals surface area contributed by atoms with Crippen LogP contribution >= 0.6 is 11.3 Å². The quantitative estimate of drug-likeness (QED) is 0.662. The van der Waals surface area contributed by atoms with Crippen LogP contribution in [0.25, 0.3) is 0 Å². The summed E-state index contributed by atoms with van der Waals surface area (Å²) in [6, 6.07) is 14.4. The van der Waals surface area contributed by atoms with E-state index in [0.29, 0.717) is 10.6 Å². The Labute approximate surface area is 151 Å². The molecule has 0 amide bonds. The Morgan fingerprint density at radius 1 is 1.20 bits per heavy atom. The van der Waals surface area contributed by atoms with Gasteiger partial charge in [0.1, 0.15) is 11.9 Å². The molecule has 3 rings (SSSR count). The van der Waals surface area contributed by atoms with Crippen molar-refractivity contribution in [3.8, 4) is 0 Å². The van der Waals surface area contributed by atoms with Crippen molar-refractivity contribution < 1.29 is 17.9 Å². The fraction of sp³-hybridized carbons (Fsp3) is 0.222. The first-order valence-corrected chi connectivity index (χ1v) is 10.2. The predicted octanol–water partition coefficient (Wildman–Crippen LogP) is 3.35. The summed E-state index contributed by atoms with van der Waals surface area (Å²) in [6.07, 6.45) is 0.671. The molecule has 3 aromatic rings. The lowest BCUT2D eigenvalue weighted by Crippen LogP contribution is -2.24. The van der Waals surface area contributed by atoms with Gasteiger partial charge in [0.25, 0.3) is 0 Å². The van der Waals surface area contributed by atoms with Gasteiger partial charge >= 0.3 is 0 Å². The topological polar surface area (TPSA) is 79.5 Å². The van der Waals surface area contributed by atoms with E-state index in [-0.39, 0.29) is 12.3 Å². The van der Waals surface area contributed by atoms with Gasteiger partial charge in [-0.05, 0) is 36.8 Å². The molecule has 0 fully saturated rings. The highest BCUT2D eigenvalue weighted by molar-refractivity contribution is 7.88. The summed E-state index contributed by atoms with van der Waals surface area (Å²) in [7, 11) is -3.43. The lowest BCUT2D eigenvalue weighted by atomic mass is 10.2. The molecule has 0 saturated carbocycles. The predicted molar refractivity (Wildman–Crippen MR) is 97.7 cm³/mol. The molecule has 7 heteroatoms. The van der Waals surface area contributed by atoms with E-state index in [9.17, 15) is 13.5 Å². The van der Waals surface area contributed by atoms with Crippen LogP contribution < -0.4 is 4.72 Å². The van der Waals surface area contributed by atoms with Gasteiger partial charge in [-0.25, -0.2) is 13.1 Å². The summed E-state index contributed by atoms with van der Waals surface area (Å²) < 4.78 is 32.3. The van der Waals surface area contributed by atoms with Crippen LogP contribution in [-0.2, 0) is 22.3 Å². The summed E-state index contributed by atoms with van der Waals surface area (Å²) >= 11 is 1.35. The zero-order valence-corrected chi connectivity index (χ0v) is 15.3. The van der Waals surface area contributed by atoms with Crippen LogP contribution in [0.1, 0.15) is 32.7 Å². The molecule has 0 bridgehead atoms. The summed E-state index contributed by atoms with van der Waals surface area (Å²) in [5, 5.41) is 10.2. The average Bonchev–Trinajstić information content (AvgIpc) is 3.24. The molecule has 2 N–H and O–H groups in total. The Bertz CT molecular complexity index is 930. The largest absolute Gasteiger partial charge is 0.466 e. The molecule has 0 aliphatic carbocycles. The highest BCUT2D eigenvalue weighted by atomic mass is 32.2. The molecule has 2 aromatic heterocycles. The zero-order chi connectivity index (χ0) is 17.9. The number of hydrogen-bond donors (Lipinski definition) is 2. The van der Waals surface area contributed by atoms with Crippen LogP contribution in [-0.4, -0.2) is 13.5 Å². The van der Waals surface area contributed by atoms with Gasteiger partial charge in [0.15, 0.2) is 0 Å². The van der Waals surface area contributed by atoms with Gasteiger partial charge in [-0.15, -0.1) is 11.3 Å². The van der Waals surface area contributed by atoms with Crippen molar-refractivity contribution in [2.45, 2.75) is 25.3 Å². The minimum Gasteiger partial charge on any atom is -0.466 e. The number of hydrogen-bond acceptors (Lipinski definition) is 5. The fourth-order valence-electron chi connectivity index (χ4n) is 2.48. The molecule has 25 heavy (non-hydrogen) atoms. The molecular formula is C18H19NO4S2. The molecule has 1 unspecified atom stereocenters. The molecule has 0 aliphatic rings. The third-order valence-corrected chi connectivity index (χ3v) is 6.11. The highest BCUT2D eigenvalue weighted by Gasteiger charge is 2.17. The van der Waals surface area contributed by atoms with E-state index >= 15 is 0 Å². The van der Waals surface area contributed by atoms with E-state index in [2.05, 4.69) is 4.72 Å². The fourth-order valence-corrected chi connectivity index (χ4v) is 4.61. The van der Waals surface area contributed by atoms with Crippen molar-refractivity contribution >= 4 is 21.4 Å². The van der Waals surface area contributed by atoms with E-state index in [4.69, 9.17) is 4.42 Å². The third kappa shape index (κ3) is 4.79. The Morgan fingerprint density at radius 2 is 2.04 bits per heavy atom. The average molecular weight is 377 g/mol. The van der Waals surface area contributed by atoms with E-state index in [1.807, 2.05) is 25.1 Å². The number of sulfonamides is 1. The van der Waals surface area contributed by atoms with Gasteiger partial charge in [-0.3, -0.25) is 0 Å². The second-order valence-corrected chi connectivity index (χ2v) is 8.80. The molecule has 0 radical (unpaired) electrons. The van der Waals surface area contributed by atoms with Gasteiger partial charge in [-0.2, -0.15) is 0 Å². The molecule has 1 atom stereocenters. The van der Waals surface area contributed by atoms with Crippen molar-refractivity contribution in [3.63, 3.8) is 0 Å². The van der Waals surface area contributed by atoms with Crippen molar-refractivity contribution in [2.75, 3.05) is 0 Å². The van der Waals surface area contributed by atoms with E-state index in [1.54, 1.807) is 30.3 Å². The second kappa shape index (κ2) is 7.53. The second-order valence-electron chi connectivity index (χ2n) is 5.79. The lowest BCUT2D eigenvalue weighted by molar-refractivity contribution is 0.193. The molecule has 1 aromatic carbocycles. The molecule has 0 spiro atoms. The zero-order valence-electron chi connectivity index (χ0n) is 13.7. The SMILES string of the molecule is Cc1cccc(CS(=O)(=O)NCc2ccc(C(O)c3ccco3)s2)c1. The highest BCUT2D eigenvalue weighted by Crippen LogP contribution is 2.28. The van der Waals surface area contributed by atoms with Gasteiger partial charge < -0.3 is 9.52 Å². The van der Waals surface area contributed by atoms with Crippen molar-refractivity contribution in [3.05, 3.63) is 81.4 Å². The van der Waals surface area contributed by atoms with E-state index in [0.717, 1.165) is 16.0 Å². The van der Waals surface area contributed by atoms with Crippen LogP contribution in [0, 0.1) is 6.92 Å². The maximum Gasteiger partial charge on any atom is 0.216 e. The van der Waals surface area contributed by atoms with E-state index < -0.39 is 16.1 Å². The molecule has 5 nitrogen and oxygen atoms in total. The Kier molecular flexibility index (Phi) is 5.39. The van der Waals surface area contributed by atoms with Crippen molar-refractivity contribution in [2.24, 2.45) is 0 Å². The molecule has 2 heterocycles. The van der Waals surface area contributed by atoms with Gasteiger partial charge in [0, 0.05) is 16.3 Å². The maximum absolute atomic E-state index is 12.2. The van der Waals surface area contributed by atoms with Crippen LogP contribution in [0.3, 0.4) is 0 Å². The molecular weight excluding hydrogens is 358 g/mol. The number of benzene rings is 1. The number of aliphatic hydroxyl groups is 1. The van der Waals surface area contributed by atoms with Crippen LogP contribution in [0.2, 0.25) is 0 Å². The monoisotopic (exact) mass is 377 g/mol. The maximum atomic E-state index is 12.2. The van der Waals surface area contributed by atoms with E-state index in [1.165, 1.54) is 17.6 Å². The third-order valence-electron chi connectivity index (χ3n) is 3.67. The van der Waals surface area contributed by atoms with Crippen LogP contribution in [0.4, 0.5) is 0 Å². The molecule has 0 aliphatic heterocycles. The Balaban J connectivity index is 1.61. The lowest BCUT2D eigenvalue weighted by Gasteiger charge is -2.07. The minimum absolute atomic E-state index is 0.0536. The molecule has 132 valence electrons. The van der Waals surface area contributed by atoms with Crippen molar-refractivity contribution in [1.82, 2.24) is 4.72 Å². The van der Waals surface area contributed by atoms with Crippen LogP contribution in [0.5, 0.6) is 0 Å². The van der Waals surface area contributed by atoms with Crippen molar-refractivity contribution in [1.29, 1.82) is 0 Å². The number of nitrogens with one attached hydrogen (secondary N) is 1. The van der Waals surface area contributed by atoms with Gasteiger partial charge in [-0.1, -0.05) is 29.8 Å². The first-order valence-electron chi connectivity index (χ1n) is 7.76. The summed E-state index contributed by atoms with van der Waals surface area (Å²) in [6.45, 7) is 2.13. The summed E-state index contributed by atoms with van der Waals surface area (Å²) in [5.41, 5.74) is 1.79. The number of thiophene rings is 1. The summed E-state index contributed by atoms with van der Waals surface area (Å²) in [4.78, 5) is 1.54. The van der Waals surface area contributed by atoms with Gasteiger partial charge in [0.2, 0.25) is 10.0 Å². The Morgan fingerprint density at radius 3 is 2.76 bits per heavy atom. The standard InChI is InChI=1S/C18H19NO4S2/c1-13-4-2-5-14(10-13)12-25(21,22)19-11-15-7-8-17(24-15)18(20)16-6-3-9-23-16/h2-10,18-20H,11-12H2,1H3. The first kappa shape index (κ1) is 17.9.